The third-order valence-electron chi connectivity index (χ3n) is 4.13. The molecule has 1 aromatic heterocycles. The third kappa shape index (κ3) is 2.70. The fraction of sp³-hybridized carbons (Fsp3) is 0.438. The molecule has 20 heavy (non-hydrogen) atoms. The van der Waals surface area contributed by atoms with Gasteiger partial charge in [0.1, 0.15) is 0 Å². The Morgan fingerprint density at radius 1 is 1.40 bits per heavy atom. The van der Waals surface area contributed by atoms with Crippen molar-refractivity contribution in [1.82, 2.24) is 9.88 Å². The lowest BCUT2D eigenvalue weighted by Crippen LogP contribution is -2.35. The average molecular weight is 270 g/mol. The smallest absolute Gasteiger partial charge is 0.0724 e. The molecule has 0 aliphatic carbocycles. The Balaban J connectivity index is 1.72. The quantitative estimate of drug-likeness (QED) is 0.842. The van der Waals surface area contributed by atoms with E-state index >= 15 is 0 Å². The zero-order chi connectivity index (χ0) is 13.9. The SMILES string of the molecule is CN1CCCC(CNc2ccc3ncccc3c2N)C1. The van der Waals surface area contributed by atoms with E-state index in [0.29, 0.717) is 5.92 Å². The second kappa shape index (κ2) is 5.67. The van der Waals surface area contributed by atoms with Gasteiger partial charge in [-0.15, -0.1) is 0 Å². The lowest BCUT2D eigenvalue weighted by Gasteiger charge is -2.30. The van der Waals surface area contributed by atoms with Crippen LogP contribution >= 0.6 is 0 Å². The summed E-state index contributed by atoms with van der Waals surface area (Å²) >= 11 is 0. The number of nitrogen functional groups attached to an aromatic ring is 1. The van der Waals surface area contributed by atoms with Crippen LogP contribution in [0, 0.1) is 5.92 Å². The predicted molar refractivity (Wildman–Crippen MR) is 84.9 cm³/mol. The fourth-order valence-electron chi connectivity index (χ4n) is 3.02. The van der Waals surface area contributed by atoms with E-state index < -0.39 is 0 Å². The van der Waals surface area contributed by atoms with Gasteiger partial charge in [-0.1, -0.05) is 0 Å². The molecular formula is C16H22N4. The lowest BCUT2D eigenvalue weighted by molar-refractivity contribution is 0.217. The largest absolute Gasteiger partial charge is 0.397 e. The third-order valence-corrected chi connectivity index (χ3v) is 4.13. The van der Waals surface area contributed by atoms with Gasteiger partial charge in [0.05, 0.1) is 16.9 Å². The maximum absolute atomic E-state index is 6.25. The average Bonchev–Trinajstić information content (AvgIpc) is 2.47. The van der Waals surface area contributed by atoms with Crippen LogP contribution in [0.4, 0.5) is 11.4 Å². The van der Waals surface area contributed by atoms with Gasteiger partial charge in [0.2, 0.25) is 0 Å². The Labute approximate surface area is 120 Å². The number of fused-ring (bicyclic) bond motifs is 1. The summed E-state index contributed by atoms with van der Waals surface area (Å²) in [6.07, 6.45) is 4.39. The van der Waals surface area contributed by atoms with Crippen molar-refractivity contribution < 1.29 is 0 Å². The molecule has 0 bridgehead atoms. The molecule has 0 saturated carbocycles. The molecule has 4 heteroatoms. The number of rotatable bonds is 3. The molecule has 3 N–H and O–H groups in total. The second-order valence-corrected chi connectivity index (χ2v) is 5.75. The van der Waals surface area contributed by atoms with Gasteiger partial charge in [0.25, 0.3) is 0 Å². The zero-order valence-corrected chi connectivity index (χ0v) is 12.0. The minimum Gasteiger partial charge on any atom is -0.397 e. The number of nitrogens with zero attached hydrogens (tertiary/aromatic N) is 2. The van der Waals surface area contributed by atoms with Gasteiger partial charge >= 0.3 is 0 Å². The van der Waals surface area contributed by atoms with Gasteiger partial charge in [-0.3, -0.25) is 4.98 Å². The molecule has 0 spiro atoms. The number of aromatic nitrogens is 1. The molecule has 0 amide bonds. The standard InChI is InChI=1S/C16H22N4/c1-20-9-3-4-12(11-20)10-19-15-7-6-14-13(16(15)17)5-2-8-18-14/h2,5-8,12,19H,3-4,9-11,17H2,1H3. The molecule has 0 radical (unpaired) electrons. The maximum atomic E-state index is 6.25. The molecule has 1 fully saturated rings. The maximum Gasteiger partial charge on any atom is 0.0724 e. The molecule has 1 saturated heterocycles. The normalized spacial score (nSPS) is 20.1. The monoisotopic (exact) mass is 270 g/mol. The first kappa shape index (κ1) is 13.2. The van der Waals surface area contributed by atoms with E-state index in [9.17, 15) is 0 Å². The first-order valence-corrected chi connectivity index (χ1v) is 7.29. The Hall–Kier alpha value is -1.81. The number of piperidine rings is 1. The lowest BCUT2D eigenvalue weighted by atomic mass is 9.98. The van der Waals surface area contributed by atoms with Gasteiger partial charge in [-0.25, -0.2) is 0 Å². The highest BCUT2D eigenvalue weighted by Crippen LogP contribution is 2.28. The van der Waals surface area contributed by atoms with E-state index in [2.05, 4.69) is 22.2 Å². The Morgan fingerprint density at radius 2 is 2.30 bits per heavy atom. The van der Waals surface area contributed by atoms with Crippen molar-refractivity contribution in [3.05, 3.63) is 30.5 Å². The molecule has 106 valence electrons. The van der Waals surface area contributed by atoms with Gasteiger partial charge in [0.15, 0.2) is 0 Å². The van der Waals surface area contributed by atoms with E-state index in [4.69, 9.17) is 5.73 Å². The second-order valence-electron chi connectivity index (χ2n) is 5.75. The molecule has 1 unspecified atom stereocenters. The minimum absolute atomic E-state index is 0.706. The van der Waals surface area contributed by atoms with Crippen molar-refractivity contribution >= 4 is 22.3 Å². The molecular weight excluding hydrogens is 248 g/mol. The number of pyridine rings is 1. The molecule has 4 nitrogen and oxygen atoms in total. The van der Waals surface area contributed by atoms with Gasteiger partial charge < -0.3 is 16.0 Å². The number of hydrogen-bond acceptors (Lipinski definition) is 4. The van der Waals surface area contributed by atoms with Crippen LogP contribution in [-0.4, -0.2) is 36.6 Å². The van der Waals surface area contributed by atoms with Crippen molar-refractivity contribution in [3.63, 3.8) is 0 Å². The van der Waals surface area contributed by atoms with Crippen molar-refractivity contribution in [2.45, 2.75) is 12.8 Å². The number of nitrogens with one attached hydrogen (secondary N) is 1. The molecule has 2 heterocycles. The van der Waals surface area contributed by atoms with Crippen LogP contribution in [-0.2, 0) is 0 Å². The number of likely N-dealkylation sites (tertiary alicyclic amines) is 1. The summed E-state index contributed by atoms with van der Waals surface area (Å²) < 4.78 is 0. The molecule has 3 rings (SSSR count). The first-order valence-electron chi connectivity index (χ1n) is 7.29. The number of nitrogens with two attached hydrogens (primary N) is 1. The molecule has 1 aliphatic heterocycles. The summed E-state index contributed by atoms with van der Waals surface area (Å²) in [7, 11) is 2.20. The summed E-state index contributed by atoms with van der Waals surface area (Å²) in [5.41, 5.74) is 9.03. The molecule has 1 aromatic carbocycles. The number of hydrogen-bond donors (Lipinski definition) is 2. The highest BCUT2D eigenvalue weighted by Gasteiger charge is 2.17. The van der Waals surface area contributed by atoms with Gasteiger partial charge in [-0.2, -0.15) is 0 Å². The van der Waals surface area contributed by atoms with Crippen LogP contribution in [0.3, 0.4) is 0 Å². The van der Waals surface area contributed by atoms with Crippen LogP contribution in [0.25, 0.3) is 10.9 Å². The van der Waals surface area contributed by atoms with Crippen molar-refractivity contribution in [2.24, 2.45) is 5.92 Å². The Morgan fingerprint density at radius 3 is 3.15 bits per heavy atom. The van der Waals surface area contributed by atoms with Crippen molar-refractivity contribution in [1.29, 1.82) is 0 Å². The molecule has 2 aromatic rings. The zero-order valence-electron chi connectivity index (χ0n) is 12.0. The van der Waals surface area contributed by atoms with E-state index in [0.717, 1.165) is 28.8 Å². The summed E-state index contributed by atoms with van der Waals surface area (Å²) in [6.45, 7) is 3.38. The summed E-state index contributed by atoms with van der Waals surface area (Å²) in [4.78, 5) is 6.73. The van der Waals surface area contributed by atoms with Crippen molar-refractivity contribution in [2.75, 3.05) is 37.7 Å². The Bertz CT molecular complexity index is 596. The van der Waals surface area contributed by atoms with E-state index in [-0.39, 0.29) is 0 Å². The summed E-state index contributed by atoms with van der Waals surface area (Å²) in [5.74, 6) is 0.706. The summed E-state index contributed by atoms with van der Waals surface area (Å²) in [5, 5.41) is 4.54. The summed E-state index contributed by atoms with van der Waals surface area (Å²) in [6, 6.07) is 8.02. The van der Waals surface area contributed by atoms with Crippen LogP contribution in [0.5, 0.6) is 0 Å². The van der Waals surface area contributed by atoms with Gasteiger partial charge in [-0.05, 0) is 56.6 Å². The Kier molecular flexibility index (Phi) is 3.74. The highest BCUT2D eigenvalue weighted by atomic mass is 15.1. The van der Waals surface area contributed by atoms with Crippen molar-refractivity contribution in [3.8, 4) is 0 Å². The fourth-order valence-corrected chi connectivity index (χ4v) is 3.02. The molecule has 1 atom stereocenters. The predicted octanol–water partition coefficient (Wildman–Crippen LogP) is 2.57. The van der Waals surface area contributed by atoms with Crippen LogP contribution in [0.15, 0.2) is 30.5 Å². The van der Waals surface area contributed by atoms with Crippen LogP contribution < -0.4 is 11.1 Å². The number of benzene rings is 1. The van der Waals surface area contributed by atoms with E-state index in [1.807, 2.05) is 24.3 Å². The van der Waals surface area contributed by atoms with E-state index in [1.165, 1.54) is 25.9 Å². The van der Waals surface area contributed by atoms with Crippen LogP contribution in [0.1, 0.15) is 12.8 Å². The minimum atomic E-state index is 0.706. The molecule has 1 aliphatic rings. The van der Waals surface area contributed by atoms with E-state index in [1.54, 1.807) is 6.20 Å². The first-order chi connectivity index (χ1) is 9.74. The van der Waals surface area contributed by atoms with Crippen LogP contribution in [0.2, 0.25) is 0 Å². The number of anilines is 2. The highest BCUT2D eigenvalue weighted by molar-refractivity contribution is 5.96. The topological polar surface area (TPSA) is 54.2 Å². The van der Waals surface area contributed by atoms with Gasteiger partial charge in [0, 0.05) is 24.7 Å².